The molecule has 2 aromatic rings. The van der Waals surface area contributed by atoms with Gasteiger partial charge in [-0.05, 0) is 31.3 Å². The van der Waals surface area contributed by atoms with Crippen molar-refractivity contribution in [1.29, 1.82) is 0 Å². The number of hydrogen-bond donors (Lipinski definition) is 2. The maximum atomic E-state index is 12.9. The Labute approximate surface area is 211 Å². The second-order valence-electron chi connectivity index (χ2n) is 9.51. The highest BCUT2D eigenvalue weighted by Crippen LogP contribution is 2.39. The van der Waals surface area contributed by atoms with Gasteiger partial charge in [0, 0.05) is 57.3 Å². The van der Waals surface area contributed by atoms with Crippen molar-refractivity contribution < 1.29 is 9.00 Å². The van der Waals surface area contributed by atoms with E-state index in [1.54, 1.807) is 12.4 Å². The second-order valence-corrected chi connectivity index (χ2v) is 11.5. The number of nitrogens with zero attached hydrogens (tertiary/aromatic N) is 6. The lowest BCUT2D eigenvalue weighted by molar-refractivity contribution is 0.177. The van der Waals surface area contributed by atoms with Crippen molar-refractivity contribution in [3.05, 3.63) is 35.0 Å². The maximum absolute atomic E-state index is 12.9. The van der Waals surface area contributed by atoms with E-state index < -0.39 is 10.8 Å². The van der Waals surface area contributed by atoms with Crippen LogP contribution in [-0.2, 0) is 17.2 Å². The number of amides is 2. The maximum Gasteiger partial charge on any atom is 0.317 e. The molecule has 1 aliphatic carbocycles. The van der Waals surface area contributed by atoms with Crippen LogP contribution < -0.4 is 15.5 Å². The number of nitrogens with one attached hydrogen (secondary N) is 2. The highest BCUT2D eigenvalue weighted by atomic mass is 35.5. The monoisotopic (exact) mass is 514 g/mol. The molecule has 0 bridgehead atoms. The second kappa shape index (κ2) is 9.02. The zero-order valence-corrected chi connectivity index (χ0v) is 20.9. The largest absolute Gasteiger partial charge is 0.362 e. The average Bonchev–Trinajstić information content (AvgIpc) is 3.43. The molecule has 2 aromatic heterocycles. The Morgan fingerprint density at radius 3 is 2.66 bits per heavy atom. The molecule has 2 N–H and O–H groups in total. The van der Waals surface area contributed by atoms with Gasteiger partial charge in [-0.15, -0.1) is 0 Å². The summed E-state index contributed by atoms with van der Waals surface area (Å²) < 4.78 is 12.9. The number of carbonyl (C=O) groups is 1. The van der Waals surface area contributed by atoms with Gasteiger partial charge in [-0.3, -0.25) is 4.21 Å². The molecule has 1 saturated heterocycles. The van der Waals surface area contributed by atoms with Crippen LogP contribution in [0.15, 0.2) is 23.4 Å². The molecule has 12 heteroatoms. The minimum atomic E-state index is -1.12. The number of hydrogen-bond acceptors (Lipinski definition) is 8. The minimum absolute atomic E-state index is 0.0177. The van der Waals surface area contributed by atoms with Crippen molar-refractivity contribution in [2.24, 2.45) is 0 Å². The van der Waals surface area contributed by atoms with Gasteiger partial charge < -0.3 is 20.4 Å². The normalized spacial score (nSPS) is 22.9. The van der Waals surface area contributed by atoms with Crippen molar-refractivity contribution in [2.75, 3.05) is 48.7 Å². The topological polar surface area (TPSA) is 116 Å². The van der Waals surface area contributed by atoms with E-state index in [9.17, 15) is 9.00 Å². The first-order chi connectivity index (χ1) is 17.0. The predicted octanol–water partition coefficient (Wildman–Crippen LogP) is 2.24. The Morgan fingerprint density at radius 1 is 1.17 bits per heavy atom. The summed E-state index contributed by atoms with van der Waals surface area (Å²) in [5, 5.41) is 7.05. The number of aromatic nitrogens is 4. The Balaban J connectivity index is 1.26. The van der Waals surface area contributed by atoms with Crippen molar-refractivity contribution in [1.82, 2.24) is 30.2 Å². The van der Waals surface area contributed by atoms with E-state index in [0.29, 0.717) is 61.0 Å². The standard InChI is InChI=1S/C23H27ClN8O2S/c24-16-12-26-19(27-13-16)15-2-8-31(9-3-15)21-28-17-4-11-35(34)18(17)20(29-21)30-23(5-1-6-23)14-32-10-7-25-22(32)33/h2,12-13H,1,3-11,14H2,(H,25,33)(H,28,29,30)/t35-/m0/s1. The van der Waals surface area contributed by atoms with Crippen molar-refractivity contribution in [3.63, 3.8) is 0 Å². The van der Waals surface area contributed by atoms with Crippen molar-refractivity contribution in [2.45, 2.75) is 42.5 Å². The van der Waals surface area contributed by atoms with Gasteiger partial charge >= 0.3 is 6.03 Å². The zero-order chi connectivity index (χ0) is 24.0. The summed E-state index contributed by atoms with van der Waals surface area (Å²) >= 11 is 5.92. The third-order valence-electron chi connectivity index (χ3n) is 7.21. The summed E-state index contributed by atoms with van der Waals surface area (Å²) in [5.41, 5.74) is 1.70. The molecule has 2 fully saturated rings. The summed E-state index contributed by atoms with van der Waals surface area (Å²) in [5.74, 6) is 2.57. The van der Waals surface area contributed by atoms with E-state index in [4.69, 9.17) is 21.6 Å². The quantitative estimate of drug-likeness (QED) is 0.603. The van der Waals surface area contributed by atoms with E-state index in [2.05, 4.69) is 31.6 Å². The van der Waals surface area contributed by atoms with Crippen molar-refractivity contribution >= 4 is 45.8 Å². The molecule has 184 valence electrons. The SMILES string of the molecule is O=C1NCCN1CC1(Nc2nc(N3CC=C(c4ncc(Cl)cn4)CC3)nc3c2[S@@](=O)CC3)CCC1. The van der Waals surface area contributed by atoms with Crippen LogP contribution in [0.1, 0.15) is 37.2 Å². The summed E-state index contributed by atoms with van der Waals surface area (Å²) in [6.07, 6.45) is 9.78. The van der Waals surface area contributed by atoms with E-state index >= 15 is 0 Å². The van der Waals surface area contributed by atoms with Gasteiger partial charge in [-0.2, -0.15) is 4.98 Å². The summed E-state index contributed by atoms with van der Waals surface area (Å²) in [4.78, 5) is 35.3. The number of aryl methyl sites for hydroxylation is 1. The van der Waals surface area contributed by atoms with Crippen LogP contribution in [0.25, 0.3) is 5.57 Å². The van der Waals surface area contributed by atoms with Gasteiger partial charge in [0.1, 0.15) is 10.7 Å². The van der Waals surface area contributed by atoms with Crippen LogP contribution in [-0.4, -0.2) is 79.1 Å². The molecule has 10 nitrogen and oxygen atoms in total. The lowest BCUT2D eigenvalue weighted by Gasteiger charge is -2.45. The highest BCUT2D eigenvalue weighted by Gasteiger charge is 2.42. The molecule has 0 spiro atoms. The number of urea groups is 1. The van der Waals surface area contributed by atoms with Gasteiger partial charge in [-0.1, -0.05) is 17.7 Å². The minimum Gasteiger partial charge on any atom is -0.362 e. The summed E-state index contributed by atoms with van der Waals surface area (Å²) in [6.45, 7) is 3.38. The van der Waals surface area contributed by atoms with Gasteiger partial charge in [0.15, 0.2) is 5.82 Å². The summed E-state index contributed by atoms with van der Waals surface area (Å²) in [6, 6.07) is -0.0177. The van der Waals surface area contributed by atoms with Gasteiger partial charge in [0.2, 0.25) is 5.95 Å². The molecular weight excluding hydrogens is 488 g/mol. The zero-order valence-electron chi connectivity index (χ0n) is 19.3. The Morgan fingerprint density at radius 2 is 2.00 bits per heavy atom. The fourth-order valence-electron chi connectivity index (χ4n) is 5.15. The van der Waals surface area contributed by atoms with Crippen LogP contribution in [0.3, 0.4) is 0 Å². The molecule has 1 saturated carbocycles. The van der Waals surface area contributed by atoms with Gasteiger partial charge in [0.05, 0.1) is 27.1 Å². The first-order valence-corrected chi connectivity index (χ1v) is 13.7. The van der Waals surface area contributed by atoms with Gasteiger partial charge in [-0.25, -0.2) is 19.7 Å². The van der Waals surface area contributed by atoms with Crippen LogP contribution in [0.4, 0.5) is 16.6 Å². The fourth-order valence-corrected chi connectivity index (χ4v) is 6.55. The third kappa shape index (κ3) is 4.35. The predicted molar refractivity (Wildman–Crippen MR) is 134 cm³/mol. The van der Waals surface area contributed by atoms with Crippen LogP contribution >= 0.6 is 11.6 Å². The molecule has 35 heavy (non-hydrogen) atoms. The molecule has 5 heterocycles. The number of fused-ring (bicyclic) bond motifs is 1. The van der Waals surface area contributed by atoms with Gasteiger partial charge in [0.25, 0.3) is 0 Å². The number of rotatable bonds is 6. The van der Waals surface area contributed by atoms with Crippen LogP contribution in [0.5, 0.6) is 0 Å². The molecule has 0 aromatic carbocycles. The Kier molecular flexibility index (Phi) is 5.84. The van der Waals surface area contributed by atoms with E-state index in [1.165, 1.54) is 0 Å². The summed E-state index contributed by atoms with van der Waals surface area (Å²) in [7, 11) is -1.12. The lowest BCUT2D eigenvalue weighted by atomic mass is 9.76. The molecule has 3 aliphatic heterocycles. The van der Waals surface area contributed by atoms with Crippen LogP contribution in [0.2, 0.25) is 5.02 Å². The highest BCUT2D eigenvalue weighted by molar-refractivity contribution is 7.85. The molecule has 1 atom stereocenters. The Hall–Kier alpha value is -2.79. The molecule has 0 radical (unpaired) electrons. The molecule has 2 amide bonds. The first-order valence-electron chi connectivity index (χ1n) is 12.0. The van der Waals surface area contributed by atoms with E-state index in [-0.39, 0.29) is 11.6 Å². The van der Waals surface area contributed by atoms with Crippen LogP contribution in [0, 0.1) is 0 Å². The number of carbonyl (C=O) groups excluding carboxylic acids is 1. The third-order valence-corrected chi connectivity index (χ3v) is 8.86. The molecular formula is C23H27ClN8O2S. The van der Waals surface area contributed by atoms with E-state index in [1.807, 2.05) is 4.90 Å². The molecule has 6 rings (SSSR count). The Bertz CT molecular complexity index is 1220. The smallest absolute Gasteiger partial charge is 0.317 e. The number of halogens is 1. The number of anilines is 2. The van der Waals surface area contributed by atoms with E-state index in [0.717, 1.165) is 48.4 Å². The average molecular weight is 515 g/mol. The molecule has 4 aliphatic rings. The lowest BCUT2D eigenvalue weighted by Crippen LogP contribution is -2.54. The molecule has 0 unspecified atom stereocenters. The fraction of sp³-hybridized carbons (Fsp3) is 0.522. The van der Waals surface area contributed by atoms with Crippen molar-refractivity contribution in [3.8, 4) is 0 Å². The first kappa shape index (κ1) is 22.7.